The molecule has 1 saturated heterocycles. The van der Waals surface area contributed by atoms with Crippen LogP contribution in [0.1, 0.15) is 24.6 Å². The number of para-hydroxylation sites is 1. The molecule has 2 aromatic rings. The van der Waals surface area contributed by atoms with Crippen molar-refractivity contribution in [1.82, 2.24) is 20.4 Å². The summed E-state index contributed by atoms with van der Waals surface area (Å²) in [5, 5.41) is 7.06. The van der Waals surface area contributed by atoms with Gasteiger partial charge in [-0.15, -0.1) is 24.0 Å². The fraction of sp³-hybridized carbons (Fsp3) is 0.471. The maximum atomic E-state index is 6.03. The van der Waals surface area contributed by atoms with Crippen molar-refractivity contribution in [2.24, 2.45) is 4.99 Å². The number of aryl methyl sites for hydroxylation is 1. The Morgan fingerprint density at radius 3 is 2.64 bits per heavy atom. The highest BCUT2D eigenvalue weighted by molar-refractivity contribution is 14.0. The quantitative estimate of drug-likeness (QED) is 0.432. The number of hydrogen-bond donors (Lipinski definition) is 1. The van der Waals surface area contributed by atoms with Crippen molar-refractivity contribution in [2.45, 2.75) is 32.4 Å². The van der Waals surface area contributed by atoms with Crippen molar-refractivity contribution in [3.63, 3.8) is 0 Å². The van der Waals surface area contributed by atoms with Crippen LogP contribution in [0.25, 0.3) is 0 Å². The topological polar surface area (TPSA) is 75.8 Å². The first-order chi connectivity index (χ1) is 11.7. The standard InChI is InChI=1S/C17H23N5O2.HI/c1-13-20-16(24-21-13)12-19-17(18-2)22-10-8-15(9-11-22)23-14-6-4-3-5-7-14;/h3-7,15H,8-12H2,1-2H3,(H,18,19);1H. The van der Waals surface area contributed by atoms with E-state index in [2.05, 4.69) is 25.3 Å². The van der Waals surface area contributed by atoms with Crippen LogP contribution >= 0.6 is 24.0 Å². The van der Waals surface area contributed by atoms with E-state index >= 15 is 0 Å². The molecule has 25 heavy (non-hydrogen) atoms. The molecule has 136 valence electrons. The molecule has 0 amide bonds. The van der Waals surface area contributed by atoms with Crippen LogP contribution in [0.4, 0.5) is 0 Å². The van der Waals surface area contributed by atoms with E-state index in [1.54, 1.807) is 14.0 Å². The Morgan fingerprint density at radius 1 is 1.32 bits per heavy atom. The Bertz CT molecular complexity index is 669. The highest BCUT2D eigenvalue weighted by atomic mass is 127. The molecule has 1 N–H and O–H groups in total. The Hall–Kier alpha value is -1.84. The molecule has 3 rings (SSSR count). The molecule has 0 radical (unpaired) electrons. The van der Waals surface area contributed by atoms with Crippen LogP contribution in [0.2, 0.25) is 0 Å². The largest absolute Gasteiger partial charge is 0.490 e. The zero-order valence-corrected chi connectivity index (χ0v) is 16.8. The zero-order valence-electron chi connectivity index (χ0n) is 14.5. The predicted molar refractivity (Wildman–Crippen MR) is 106 cm³/mol. The van der Waals surface area contributed by atoms with E-state index in [4.69, 9.17) is 9.26 Å². The Balaban J connectivity index is 0.00000225. The van der Waals surface area contributed by atoms with Crippen molar-refractivity contribution in [1.29, 1.82) is 0 Å². The summed E-state index contributed by atoms with van der Waals surface area (Å²) < 4.78 is 11.1. The molecular formula is C17H24IN5O2. The lowest BCUT2D eigenvalue weighted by Gasteiger charge is -2.34. The number of aromatic nitrogens is 2. The summed E-state index contributed by atoms with van der Waals surface area (Å²) in [7, 11) is 1.79. The number of aliphatic imine (C=N–C) groups is 1. The minimum atomic E-state index is 0. The average Bonchev–Trinajstić information content (AvgIpc) is 3.03. The van der Waals surface area contributed by atoms with Crippen LogP contribution in [0, 0.1) is 6.92 Å². The van der Waals surface area contributed by atoms with Gasteiger partial charge >= 0.3 is 0 Å². The fourth-order valence-corrected chi connectivity index (χ4v) is 2.78. The third-order valence-electron chi connectivity index (χ3n) is 3.97. The van der Waals surface area contributed by atoms with Gasteiger partial charge in [0.2, 0.25) is 5.89 Å². The maximum Gasteiger partial charge on any atom is 0.246 e. The van der Waals surface area contributed by atoms with Gasteiger partial charge in [-0.2, -0.15) is 4.98 Å². The number of piperidine rings is 1. The van der Waals surface area contributed by atoms with Gasteiger partial charge in [-0.1, -0.05) is 23.4 Å². The minimum Gasteiger partial charge on any atom is -0.490 e. The molecule has 1 aromatic heterocycles. The van der Waals surface area contributed by atoms with Crippen LogP contribution in [0.15, 0.2) is 39.8 Å². The van der Waals surface area contributed by atoms with Gasteiger partial charge in [-0.25, -0.2) is 0 Å². The predicted octanol–water partition coefficient (Wildman–Crippen LogP) is 2.61. The van der Waals surface area contributed by atoms with Gasteiger partial charge < -0.3 is 19.5 Å². The number of nitrogens with zero attached hydrogens (tertiary/aromatic N) is 4. The molecule has 1 fully saturated rings. The van der Waals surface area contributed by atoms with Crippen molar-refractivity contribution in [2.75, 3.05) is 20.1 Å². The first-order valence-corrected chi connectivity index (χ1v) is 8.21. The summed E-state index contributed by atoms with van der Waals surface area (Å²) in [6, 6.07) is 9.99. The van der Waals surface area contributed by atoms with Crippen molar-refractivity contribution >= 4 is 29.9 Å². The van der Waals surface area contributed by atoms with Gasteiger partial charge in [0.15, 0.2) is 11.8 Å². The first-order valence-electron chi connectivity index (χ1n) is 8.21. The fourth-order valence-electron chi connectivity index (χ4n) is 2.78. The summed E-state index contributed by atoms with van der Waals surface area (Å²) in [4.78, 5) is 10.8. The lowest BCUT2D eigenvalue weighted by atomic mass is 10.1. The number of benzene rings is 1. The molecule has 0 atom stereocenters. The molecule has 1 aliphatic heterocycles. The van der Waals surface area contributed by atoms with Gasteiger partial charge in [-0.05, 0) is 19.1 Å². The van der Waals surface area contributed by atoms with E-state index in [1.807, 2.05) is 30.3 Å². The van der Waals surface area contributed by atoms with Gasteiger partial charge in [0, 0.05) is 33.0 Å². The average molecular weight is 457 g/mol. The molecule has 0 saturated carbocycles. The molecule has 0 spiro atoms. The van der Waals surface area contributed by atoms with Crippen molar-refractivity contribution in [3.8, 4) is 5.75 Å². The molecule has 7 nitrogen and oxygen atoms in total. The number of halogens is 1. The highest BCUT2D eigenvalue weighted by Gasteiger charge is 2.22. The number of nitrogens with one attached hydrogen (secondary N) is 1. The Labute approximate surface area is 164 Å². The lowest BCUT2D eigenvalue weighted by Crippen LogP contribution is -2.47. The molecule has 0 aliphatic carbocycles. The van der Waals surface area contributed by atoms with E-state index in [0.717, 1.165) is 37.6 Å². The monoisotopic (exact) mass is 457 g/mol. The van der Waals surface area contributed by atoms with Gasteiger partial charge in [0.05, 0.1) is 6.54 Å². The van der Waals surface area contributed by atoms with Gasteiger partial charge in [-0.3, -0.25) is 4.99 Å². The molecule has 1 aliphatic rings. The highest BCUT2D eigenvalue weighted by Crippen LogP contribution is 2.18. The number of guanidine groups is 1. The zero-order chi connectivity index (χ0) is 16.8. The van der Waals surface area contributed by atoms with Crippen LogP contribution in [-0.4, -0.2) is 47.2 Å². The summed E-state index contributed by atoms with van der Waals surface area (Å²) >= 11 is 0. The third kappa shape index (κ3) is 5.58. The van der Waals surface area contributed by atoms with Crippen LogP contribution in [-0.2, 0) is 6.54 Å². The first kappa shape index (κ1) is 19.5. The van der Waals surface area contributed by atoms with E-state index in [-0.39, 0.29) is 30.1 Å². The van der Waals surface area contributed by atoms with E-state index in [9.17, 15) is 0 Å². The second-order valence-electron chi connectivity index (χ2n) is 5.75. The third-order valence-corrected chi connectivity index (χ3v) is 3.97. The summed E-state index contributed by atoms with van der Waals surface area (Å²) in [6.07, 6.45) is 2.19. The van der Waals surface area contributed by atoms with Crippen LogP contribution < -0.4 is 10.1 Å². The van der Waals surface area contributed by atoms with Crippen LogP contribution in [0.5, 0.6) is 5.75 Å². The SMILES string of the molecule is CN=C(NCc1nc(C)no1)N1CCC(Oc2ccccc2)CC1.I. The number of likely N-dealkylation sites (tertiary alicyclic amines) is 1. The Morgan fingerprint density at radius 2 is 2.04 bits per heavy atom. The second-order valence-corrected chi connectivity index (χ2v) is 5.75. The molecule has 1 aromatic carbocycles. The Kier molecular flexibility index (Phi) is 7.48. The van der Waals surface area contributed by atoms with Gasteiger partial charge in [0.25, 0.3) is 0 Å². The molecule has 0 unspecified atom stereocenters. The van der Waals surface area contributed by atoms with Gasteiger partial charge in [0.1, 0.15) is 11.9 Å². The number of ether oxygens (including phenoxy) is 1. The van der Waals surface area contributed by atoms with Crippen LogP contribution in [0.3, 0.4) is 0 Å². The van der Waals surface area contributed by atoms with Crippen molar-refractivity contribution < 1.29 is 9.26 Å². The molecule has 0 bridgehead atoms. The summed E-state index contributed by atoms with van der Waals surface area (Å²) in [6.45, 7) is 4.09. The molecule has 2 heterocycles. The second kappa shape index (κ2) is 9.59. The molecular weight excluding hydrogens is 433 g/mol. The summed E-state index contributed by atoms with van der Waals surface area (Å²) in [5.74, 6) is 2.99. The van der Waals surface area contributed by atoms with Crippen molar-refractivity contribution in [3.05, 3.63) is 42.0 Å². The minimum absolute atomic E-state index is 0. The smallest absolute Gasteiger partial charge is 0.246 e. The number of hydrogen-bond acceptors (Lipinski definition) is 5. The van der Waals surface area contributed by atoms with E-state index < -0.39 is 0 Å². The summed E-state index contributed by atoms with van der Waals surface area (Å²) in [5.41, 5.74) is 0. The normalized spacial score (nSPS) is 15.6. The van der Waals surface area contributed by atoms with E-state index in [1.165, 1.54) is 0 Å². The van der Waals surface area contributed by atoms with E-state index in [0.29, 0.717) is 18.3 Å². The molecule has 8 heteroatoms. The number of rotatable bonds is 4. The lowest BCUT2D eigenvalue weighted by molar-refractivity contribution is 0.129. The maximum absolute atomic E-state index is 6.03.